The van der Waals surface area contributed by atoms with Crippen molar-refractivity contribution in [3.05, 3.63) is 107 Å². The number of nitrogens with one attached hydrogen (secondary N) is 1. The van der Waals surface area contributed by atoms with E-state index in [0.717, 1.165) is 11.1 Å². The molecule has 0 saturated heterocycles. The fourth-order valence-corrected chi connectivity index (χ4v) is 3.17. The van der Waals surface area contributed by atoms with E-state index < -0.39 is 11.7 Å². The van der Waals surface area contributed by atoms with Crippen LogP contribution in [0.3, 0.4) is 0 Å². The maximum absolute atomic E-state index is 13.2. The van der Waals surface area contributed by atoms with E-state index in [0.29, 0.717) is 29.2 Å². The zero-order valence-electron chi connectivity index (χ0n) is 18.5. The van der Waals surface area contributed by atoms with Crippen molar-refractivity contribution in [3.8, 4) is 17.6 Å². The zero-order chi connectivity index (χ0) is 24.5. The third-order valence-electron chi connectivity index (χ3n) is 4.81. The minimum Gasteiger partial charge on any atom is -0.493 e. The van der Waals surface area contributed by atoms with Crippen molar-refractivity contribution in [2.75, 3.05) is 12.4 Å². The molecule has 0 aliphatic heterocycles. The van der Waals surface area contributed by atoms with Crippen molar-refractivity contribution in [3.63, 3.8) is 0 Å². The Kier molecular flexibility index (Phi) is 8.14. The largest absolute Gasteiger partial charge is 0.493 e. The molecule has 172 valence electrons. The summed E-state index contributed by atoms with van der Waals surface area (Å²) in [6.07, 6.45) is 3.57. The first-order chi connectivity index (χ1) is 16.4. The Morgan fingerprint density at radius 1 is 1.09 bits per heavy atom. The molecule has 1 N–H and O–H groups in total. The highest BCUT2D eigenvalue weighted by molar-refractivity contribution is 6.09. The van der Waals surface area contributed by atoms with Crippen LogP contribution in [-0.4, -0.2) is 13.0 Å². The highest BCUT2D eigenvalue weighted by Gasteiger charge is 2.15. The van der Waals surface area contributed by atoms with Gasteiger partial charge in [-0.3, -0.25) is 4.79 Å². The quantitative estimate of drug-likeness (QED) is 0.248. The van der Waals surface area contributed by atoms with Gasteiger partial charge in [0.1, 0.15) is 29.9 Å². The molecule has 0 unspecified atom stereocenters. The second-order valence-electron chi connectivity index (χ2n) is 7.25. The Labute approximate surface area is 196 Å². The van der Waals surface area contributed by atoms with Gasteiger partial charge in [0, 0.05) is 11.3 Å². The average molecular weight is 460 g/mol. The van der Waals surface area contributed by atoms with Crippen LogP contribution in [0.1, 0.15) is 16.7 Å². The smallest absolute Gasteiger partial charge is 0.266 e. The van der Waals surface area contributed by atoms with Crippen molar-refractivity contribution < 1.29 is 23.0 Å². The highest BCUT2D eigenvalue weighted by Crippen LogP contribution is 2.35. The Morgan fingerprint density at radius 3 is 2.32 bits per heavy atom. The van der Waals surface area contributed by atoms with Crippen molar-refractivity contribution in [2.24, 2.45) is 0 Å². The van der Waals surface area contributed by atoms with Gasteiger partial charge in [-0.15, -0.1) is 6.58 Å². The Balaban J connectivity index is 1.88. The van der Waals surface area contributed by atoms with Gasteiger partial charge in [-0.2, -0.15) is 5.26 Å². The van der Waals surface area contributed by atoms with Crippen LogP contribution in [0.5, 0.6) is 11.5 Å². The summed E-state index contributed by atoms with van der Waals surface area (Å²) >= 11 is 0. The molecule has 0 aliphatic carbocycles. The van der Waals surface area contributed by atoms with E-state index in [1.807, 2.05) is 6.07 Å². The maximum atomic E-state index is 13.2. The lowest BCUT2D eigenvalue weighted by molar-refractivity contribution is -0.112. The zero-order valence-corrected chi connectivity index (χ0v) is 18.5. The SMILES string of the molecule is C=CCc1cc(/C=C(\C#N)C(=O)Nc2ccc(F)cc2)cc(OC)c1OCc1ccc(F)cc1. The molecular weight excluding hydrogens is 438 g/mol. The van der Waals surface area contributed by atoms with Gasteiger partial charge in [0.2, 0.25) is 0 Å². The number of rotatable bonds is 9. The van der Waals surface area contributed by atoms with Gasteiger partial charge >= 0.3 is 0 Å². The number of ether oxygens (including phenoxy) is 2. The number of carbonyl (C=O) groups is 1. The average Bonchev–Trinajstić information content (AvgIpc) is 2.84. The van der Waals surface area contributed by atoms with Gasteiger partial charge in [-0.05, 0) is 72.2 Å². The molecule has 3 aromatic carbocycles. The standard InChI is InChI=1S/C27H22F2N2O3/c1-3-4-20-13-19(14-21(16-30)27(32)31-24-11-9-23(29)10-12-24)15-25(33-2)26(20)34-17-18-5-7-22(28)8-6-18/h3,5-15H,1,4,17H2,2H3,(H,31,32)/b21-14+. The molecule has 0 atom stereocenters. The van der Waals surface area contributed by atoms with E-state index in [4.69, 9.17) is 9.47 Å². The molecular formula is C27H22F2N2O3. The molecule has 0 aliphatic rings. The summed E-state index contributed by atoms with van der Waals surface area (Å²) in [7, 11) is 1.48. The molecule has 0 heterocycles. The molecule has 3 rings (SSSR count). The number of nitriles is 1. The second kappa shape index (κ2) is 11.4. The minimum absolute atomic E-state index is 0.143. The number of hydrogen-bond acceptors (Lipinski definition) is 4. The second-order valence-corrected chi connectivity index (χ2v) is 7.25. The lowest BCUT2D eigenvalue weighted by Gasteiger charge is -2.16. The summed E-state index contributed by atoms with van der Waals surface area (Å²) in [5, 5.41) is 12.1. The van der Waals surface area contributed by atoms with Crippen molar-refractivity contribution in [1.82, 2.24) is 0 Å². The first-order valence-corrected chi connectivity index (χ1v) is 10.3. The van der Waals surface area contributed by atoms with E-state index >= 15 is 0 Å². The third kappa shape index (κ3) is 6.30. The van der Waals surface area contributed by atoms with Crippen molar-refractivity contribution in [1.29, 1.82) is 5.26 Å². The van der Waals surface area contributed by atoms with E-state index in [1.165, 1.54) is 49.6 Å². The Hall–Kier alpha value is -4.44. The fraction of sp³-hybridized carbons (Fsp3) is 0.111. The van der Waals surface area contributed by atoms with E-state index in [-0.39, 0.29) is 18.0 Å². The monoisotopic (exact) mass is 460 g/mol. The summed E-state index contributed by atoms with van der Waals surface area (Å²) in [5.41, 5.74) is 2.28. The first-order valence-electron chi connectivity index (χ1n) is 10.3. The van der Waals surface area contributed by atoms with Gasteiger partial charge in [0.05, 0.1) is 7.11 Å². The summed E-state index contributed by atoms with van der Waals surface area (Å²) in [6.45, 7) is 3.97. The molecule has 0 spiro atoms. The van der Waals surface area contributed by atoms with Gasteiger partial charge < -0.3 is 14.8 Å². The van der Waals surface area contributed by atoms with Gasteiger partial charge in [0.25, 0.3) is 5.91 Å². The summed E-state index contributed by atoms with van der Waals surface area (Å²) in [6, 6.07) is 16.5. The number of anilines is 1. The van der Waals surface area contributed by atoms with Crippen LogP contribution in [0, 0.1) is 23.0 Å². The van der Waals surface area contributed by atoms with Crippen LogP contribution >= 0.6 is 0 Å². The highest BCUT2D eigenvalue weighted by atomic mass is 19.1. The van der Waals surface area contributed by atoms with E-state index in [9.17, 15) is 18.8 Å². The first kappa shape index (κ1) is 24.2. The molecule has 0 saturated carbocycles. The van der Waals surface area contributed by atoms with Crippen LogP contribution in [0.2, 0.25) is 0 Å². The number of halogens is 2. The number of hydrogen-bond donors (Lipinski definition) is 1. The third-order valence-corrected chi connectivity index (χ3v) is 4.81. The summed E-state index contributed by atoms with van der Waals surface area (Å²) < 4.78 is 37.7. The summed E-state index contributed by atoms with van der Waals surface area (Å²) in [4.78, 5) is 12.6. The molecule has 0 aromatic heterocycles. The number of nitrogens with zero attached hydrogens (tertiary/aromatic N) is 1. The minimum atomic E-state index is -0.630. The normalized spacial score (nSPS) is 10.8. The van der Waals surface area contributed by atoms with Crippen LogP contribution in [-0.2, 0) is 17.8 Å². The molecule has 7 heteroatoms. The molecule has 0 bridgehead atoms. The van der Waals surface area contributed by atoms with Crippen LogP contribution in [0.4, 0.5) is 14.5 Å². The lowest BCUT2D eigenvalue weighted by Crippen LogP contribution is -2.13. The van der Waals surface area contributed by atoms with E-state index in [2.05, 4.69) is 11.9 Å². The van der Waals surface area contributed by atoms with Gasteiger partial charge in [-0.25, -0.2) is 8.78 Å². The molecule has 34 heavy (non-hydrogen) atoms. The fourth-order valence-electron chi connectivity index (χ4n) is 3.17. The number of methoxy groups -OCH3 is 1. The predicted octanol–water partition coefficient (Wildman–Crippen LogP) is 5.83. The topological polar surface area (TPSA) is 71.4 Å². The number of allylic oxidation sites excluding steroid dienone is 1. The van der Waals surface area contributed by atoms with Crippen molar-refractivity contribution >= 4 is 17.7 Å². The molecule has 1 amide bonds. The van der Waals surface area contributed by atoms with Gasteiger partial charge in [-0.1, -0.05) is 18.2 Å². The predicted molar refractivity (Wildman–Crippen MR) is 126 cm³/mol. The molecule has 3 aromatic rings. The molecule has 5 nitrogen and oxygen atoms in total. The number of carbonyl (C=O) groups excluding carboxylic acids is 1. The van der Waals surface area contributed by atoms with Crippen molar-refractivity contribution in [2.45, 2.75) is 13.0 Å². The van der Waals surface area contributed by atoms with Gasteiger partial charge in [0.15, 0.2) is 11.5 Å². The van der Waals surface area contributed by atoms with E-state index in [1.54, 1.807) is 30.3 Å². The Bertz CT molecular complexity index is 1240. The van der Waals surface area contributed by atoms with Crippen LogP contribution in [0.15, 0.2) is 78.9 Å². The number of benzene rings is 3. The molecule has 0 radical (unpaired) electrons. The van der Waals surface area contributed by atoms with Crippen LogP contribution < -0.4 is 14.8 Å². The maximum Gasteiger partial charge on any atom is 0.266 e. The Morgan fingerprint density at radius 2 is 1.74 bits per heavy atom. The number of amides is 1. The molecule has 0 fully saturated rings. The lowest BCUT2D eigenvalue weighted by atomic mass is 10.0. The van der Waals surface area contributed by atoms with Crippen LogP contribution in [0.25, 0.3) is 6.08 Å². The summed E-state index contributed by atoms with van der Waals surface area (Å²) in [5.74, 6) is -0.503.